The molecule has 0 saturated heterocycles. The zero-order valence-corrected chi connectivity index (χ0v) is 11.0. The van der Waals surface area contributed by atoms with Crippen LogP contribution in [-0.4, -0.2) is 20.8 Å². The Balaban J connectivity index is 2.25. The molecule has 0 aliphatic rings. The van der Waals surface area contributed by atoms with Crippen molar-refractivity contribution in [2.24, 2.45) is 0 Å². The van der Waals surface area contributed by atoms with Gasteiger partial charge in [0.15, 0.2) is 5.82 Å². The number of aromatic nitrogens is 2. The molecule has 0 unspecified atom stereocenters. The second-order valence-electron chi connectivity index (χ2n) is 3.47. The van der Waals surface area contributed by atoms with Gasteiger partial charge in [-0.15, -0.1) is 0 Å². The molecule has 0 radical (unpaired) electrons. The molecule has 0 aliphatic carbocycles. The molecule has 0 spiro atoms. The van der Waals surface area contributed by atoms with Crippen LogP contribution in [0.4, 0.5) is 11.5 Å². The molecule has 1 amide bonds. The Hall–Kier alpha value is -2.35. The van der Waals surface area contributed by atoms with Gasteiger partial charge < -0.3 is 5.32 Å². The van der Waals surface area contributed by atoms with Crippen LogP contribution < -0.4 is 5.32 Å². The third kappa shape index (κ3) is 3.10. The minimum atomic E-state index is -0.566. The summed E-state index contributed by atoms with van der Waals surface area (Å²) in [7, 11) is 0. The van der Waals surface area contributed by atoms with Crippen LogP contribution in [0.3, 0.4) is 0 Å². The number of anilines is 1. The number of carbonyl (C=O) groups is 1. The monoisotopic (exact) mass is 322 g/mol. The standard InChI is InChI=1S/C11H7BrN4O3/c12-8-2-1-7(5-9(8)16(18)19)11(17)15-10-6-13-3-4-14-10/h1-6H,(H,14,15,17). The van der Waals surface area contributed by atoms with Gasteiger partial charge in [-0.2, -0.15) is 0 Å². The number of nitro benzene ring substituents is 1. The second-order valence-corrected chi connectivity index (χ2v) is 4.32. The largest absolute Gasteiger partial charge is 0.305 e. The molecule has 0 fully saturated rings. The molecule has 7 nitrogen and oxygen atoms in total. The first-order chi connectivity index (χ1) is 9.08. The van der Waals surface area contributed by atoms with Gasteiger partial charge in [-0.3, -0.25) is 19.9 Å². The highest BCUT2D eigenvalue weighted by molar-refractivity contribution is 9.10. The van der Waals surface area contributed by atoms with E-state index in [-0.39, 0.29) is 17.1 Å². The van der Waals surface area contributed by atoms with Gasteiger partial charge in [-0.25, -0.2) is 4.98 Å². The highest BCUT2D eigenvalue weighted by Crippen LogP contribution is 2.25. The van der Waals surface area contributed by atoms with E-state index in [0.29, 0.717) is 4.47 Å². The predicted molar refractivity (Wildman–Crippen MR) is 70.8 cm³/mol. The van der Waals surface area contributed by atoms with Gasteiger partial charge in [0.2, 0.25) is 0 Å². The van der Waals surface area contributed by atoms with E-state index in [1.54, 1.807) is 0 Å². The van der Waals surface area contributed by atoms with Crippen molar-refractivity contribution in [2.75, 3.05) is 5.32 Å². The molecule has 0 aliphatic heterocycles. The normalized spacial score (nSPS) is 9.95. The number of amides is 1. The Morgan fingerprint density at radius 1 is 1.37 bits per heavy atom. The molecule has 2 aromatic rings. The Labute approximate surface area is 116 Å². The summed E-state index contributed by atoms with van der Waals surface area (Å²) >= 11 is 3.05. The minimum Gasteiger partial charge on any atom is -0.305 e. The van der Waals surface area contributed by atoms with Crippen LogP contribution in [-0.2, 0) is 0 Å². The molecule has 1 heterocycles. The zero-order valence-electron chi connectivity index (χ0n) is 9.41. The molecule has 19 heavy (non-hydrogen) atoms. The summed E-state index contributed by atoms with van der Waals surface area (Å²) in [6.45, 7) is 0. The topological polar surface area (TPSA) is 98.0 Å². The van der Waals surface area contributed by atoms with Crippen LogP contribution in [0, 0.1) is 10.1 Å². The van der Waals surface area contributed by atoms with Crippen molar-refractivity contribution in [3.05, 3.63) is 56.9 Å². The van der Waals surface area contributed by atoms with E-state index in [0.717, 1.165) is 0 Å². The van der Waals surface area contributed by atoms with E-state index in [1.165, 1.54) is 36.8 Å². The van der Waals surface area contributed by atoms with Crippen LogP contribution in [0.2, 0.25) is 0 Å². The number of nitrogens with one attached hydrogen (secondary N) is 1. The van der Waals surface area contributed by atoms with Crippen molar-refractivity contribution >= 4 is 33.3 Å². The van der Waals surface area contributed by atoms with Gasteiger partial charge in [0, 0.05) is 24.0 Å². The van der Waals surface area contributed by atoms with Crippen LogP contribution >= 0.6 is 15.9 Å². The molecule has 1 N–H and O–H groups in total. The average Bonchev–Trinajstić information content (AvgIpc) is 2.40. The average molecular weight is 323 g/mol. The summed E-state index contributed by atoms with van der Waals surface area (Å²) in [5, 5.41) is 13.3. The first-order valence-electron chi connectivity index (χ1n) is 5.09. The maximum Gasteiger partial charge on any atom is 0.284 e. The van der Waals surface area contributed by atoms with Crippen molar-refractivity contribution in [3.63, 3.8) is 0 Å². The molecular weight excluding hydrogens is 316 g/mol. The lowest BCUT2D eigenvalue weighted by Gasteiger charge is -2.04. The van der Waals surface area contributed by atoms with Crippen LogP contribution in [0.1, 0.15) is 10.4 Å². The third-order valence-corrected chi connectivity index (χ3v) is 2.88. The van der Waals surface area contributed by atoms with Crippen molar-refractivity contribution in [3.8, 4) is 0 Å². The summed E-state index contributed by atoms with van der Waals surface area (Å²) in [6.07, 6.45) is 4.28. The molecule has 0 bridgehead atoms. The number of carbonyl (C=O) groups excluding carboxylic acids is 1. The van der Waals surface area contributed by atoms with Gasteiger partial charge >= 0.3 is 0 Å². The quantitative estimate of drug-likeness (QED) is 0.691. The number of hydrogen-bond acceptors (Lipinski definition) is 5. The molecule has 1 aromatic carbocycles. The first-order valence-corrected chi connectivity index (χ1v) is 5.88. The molecule has 8 heteroatoms. The SMILES string of the molecule is O=C(Nc1cnccn1)c1ccc(Br)c([N+](=O)[O-])c1. The smallest absolute Gasteiger partial charge is 0.284 e. The maximum atomic E-state index is 11.9. The van der Waals surface area contributed by atoms with E-state index < -0.39 is 10.8 Å². The van der Waals surface area contributed by atoms with Crippen LogP contribution in [0.5, 0.6) is 0 Å². The molecule has 1 aromatic heterocycles. The molecule has 96 valence electrons. The Morgan fingerprint density at radius 2 is 2.16 bits per heavy atom. The summed E-state index contributed by atoms with van der Waals surface area (Å²) < 4.78 is 0.313. The highest BCUT2D eigenvalue weighted by Gasteiger charge is 2.16. The third-order valence-electron chi connectivity index (χ3n) is 2.21. The van der Waals surface area contributed by atoms with Crippen molar-refractivity contribution in [2.45, 2.75) is 0 Å². The lowest BCUT2D eigenvalue weighted by molar-refractivity contribution is -0.385. The van der Waals surface area contributed by atoms with E-state index in [4.69, 9.17) is 0 Å². The molecular formula is C11H7BrN4O3. The van der Waals surface area contributed by atoms with Gasteiger partial charge in [0.05, 0.1) is 15.6 Å². The number of nitro groups is 1. The van der Waals surface area contributed by atoms with Crippen molar-refractivity contribution in [1.82, 2.24) is 9.97 Å². The van der Waals surface area contributed by atoms with E-state index in [2.05, 4.69) is 31.2 Å². The Morgan fingerprint density at radius 3 is 2.79 bits per heavy atom. The fourth-order valence-corrected chi connectivity index (χ4v) is 1.74. The molecule has 0 saturated carbocycles. The number of halogens is 1. The highest BCUT2D eigenvalue weighted by atomic mass is 79.9. The fourth-order valence-electron chi connectivity index (χ4n) is 1.35. The van der Waals surface area contributed by atoms with Crippen LogP contribution in [0.15, 0.2) is 41.3 Å². The molecule has 2 rings (SSSR count). The second kappa shape index (κ2) is 5.53. The van der Waals surface area contributed by atoms with Gasteiger partial charge in [-0.05, 0) is 28.1 Å². The van der Waals surface area contributed by atoms with Gasteiger partial charge in [0.1, 0.15) is 0 Å². The Bertz CT molecular complexity index is 633. The van der Waals surface area contributed by atoms with Gasteiger partial charge in [0.25, 0.3) is 11.6 Å². The number of hydrogen-bond donors (Lipinski definition) is 1. The summed E-state index contributed by atoms with van der Waals surface area (Å²) in [5.41, 5.74) is -0.00708. The summed E-state index contributed by atoms with van der Waals surface area (Å²) in [4.78, 5) is 29.8. The number of nitrogens with zero attached hydrogens (tertiary/aromatic N) is 3. The summed E-state index contributed by atoms with van der Waals surface area (Å²) in [6, 6.07) is 4.11. The number of benzene rings is 1. The van der Waals surface area contributed by atoms with Crippen molar-refractivity contribution < 1.29 is 9.72 Å². The van der Waals surface area contributed by atoms with Crippen molar-refractivity contribution in [1.29, 1.82) is 0 Å². The van der Waals surface area contributed by atoms with E-state index in [9.17, 15) is 14.9 Å². The van der Waals surface area contributed by atoms with E-state index >= 15 is 0 Å². The molecule has 0 atom stereocenters. The van der Waals surface area contributed by atoms with Crippen LogP contribution in [0.25, 0.3) is 0 Å². The maximum absolute atomic E-state index is 11.9. The summed E-state index contributed by atoms with van der Waals surface area (Å²) in [5.74, 6) is -0.214. The zero-order chi connectivity index (χ0) is 13.8. The number of rotatable bonds is 3. The van der Waals surface area contributed by atoms with Gasteiger partial charge in [-0.1, -0.05) is 0 Å². The fraction of sp³-hybridized carbons (Fsp3) is 0. The first kappa shape index (κ1) is 13.1. The van der Waals surface area contributed by atoms with E-state index in [1.807, 2.05) is 0 Å². The lowest BCUT2D eigenvalue weighted by atomic mass is 10.2. The lowest BCUT2D eigenvalue weighted by Crippen LogP contribution is -2.13. The Kier molecular flexibility index (Phi) is 3.81. The minimum absolute atomic E-state index is 0.167. The predicted octanol–water partition coefficient (Wildman–Crippen LogP) is 2.40.